The fourth-order valence-corrected chi connectivity index (χ4v) is 8.08. The zero-order chi connectivity index (χ0) is 17.8. The van der Waals surface area contributed by atoms with E-state index in [1.165, 1.54) is 6.42 Å². The van der Waals surface area contributed by atoms with Gasteiger partial charge in [0, 0.05) is 5.41 Å². The number of ether oxygens (including phenoxy) is 1. The first-order chi connectivity index (χ1) is 11.7. The van der Waals surface area contributed by atoms with Gasteiger partial charge in [0.25, 0.3) is 0 Å². The number of Topliss-reactive ketones (excluding diaryl/α,β-unsaturated/α-hetero) is 1. The van der Waals surface area contributed by atoms with Crippen molar-refractivity contribution in [3.05, 3.63) is 12.2 Å². The van der Waals surface area contributed by atoms with E-state index in [1.54, 1.807) is 0 Å². The molecule has 6 fully saturated rings. The van der Waals surface area contributed by atoms with Crippen LogP contribution in [0.2, 0.25) is 0 Å². The minimum absolute atomic E-state index is 0.00755. The summed E-state index contributed by atoms with van der Waals surface area (Å²) in [6, 6.07) is 0. The summed E-state index contributed by atoms with van der Waals surface area (Å²) < 4.78 is 6.73. The topological polar surface area (TPSA) is 46.5 Å². The molecule has 0 radical (unpaired) electrons. The normalized spacial score (nSPS) is 60.2. The summed E-state index contributed by atoms with van der Waals surface area (Å²) >= 11 is 0. The largest absolute Gasteiger partial charge is 0.392 e. The average molecular weight is 344 g/mol. The Morgan fingerprint density at radius 2 is 1.96 bits per heavy atom. The molecule has 4 bridgehead atoms. The predicted molar refractivity (Wildman–Crippen MR) is 95.9 cm³/mol. The van der Waals surface area contributed by atoms with Crippen molar-refractivity contribution in [2.24, 2.45) is 34.5 Å². The lowest BCUT2D eigenvalue weighted by atomic mass is 9.36. The van der Waals surface area contributed by atoms with Crippen molar-refractivity contribution < 1.29 is 14.6 Å². The molecule has 9 atom stereocenters. The van der Waals surface area contributed by atoms with Crippen molar-refractivity contribution in [3.8, 4) is 0 Å². The predicted octanol–water partition coefficient (Wildman–Crippen LogP) is 3.89. The van der Waals surface area contributed by atoms with Crippen molar-refractivity contribution in [1.29, 1.82) is 0 Å². The van der Waals surface area contributed by atoms with Gasteiger partial charge in [-0.15, -0.1) is 0 Å². The van der Waals surface area contributed by atoms with Crippen molar-refractivity contribution in [2.45, 2.75) is 83.5 Å². The van der Waals surface area contributed by atoms with E-state index < -0.39 is 11.5 Å². The van der Waals surface area contributed by atoms with Crippen molar-refractivity contribution >= 4 is 5.78 Å². The maximum absolute atomic E-state index is 13.3. The summed E-state index contributed by atoms with van der Waals surface area (Å²) in [6.07, 6.45) is 6.85. The van der Waals surface area contributed by atoms with Crippen molar-refractivity contribution in [1.82, 2.24) is 0 Å². The molecular formula is C22H32O3. The lowest BCUT2D eigenvalue weighted by Crippen LogP contribution is -2.73. The summed E-state index contributed by atoms with van der Waals surface area (Å²) in [4.78, 5) is 13.3. The number of hydrogen-bond donors (Lipinski definition) is 1. The van der Waals surface area contributed by atoms with Gasteiger partial charge in [-0.3, -0.25) is 4.79 Å². The third kappa shape index (κ3) is 1.69. The highest BCUT2D eigenvalue weighted by molar-refractivity contribution is 6.02. The number of hydrogen-bond acceptors (Lipinski definition) is 3. The van der Waals surface area contributed by atoms with Gasteiger partial charge in [0.05, 0.1) is 23.2 Å². The molecule has 1 spiro atoms. The second-order valence-electron chi connectivity index (χ2n) is 10.2. The van der Waals surface area contributed by atoms with Crippen molar-refractivity contribution in [2.75, 3.05) is 0 Å². The van der Waals surface area contributed by atoms with Gasteiger partial charge in [0.15, 0.2) is 5.78 Å². The Morgan fingerprint density at radius 3 is 2.72 bits per heavy atom. The van der Waals surface area contributed by atoms with Crippen LogP contribution < -0.4 is 0 Å². The van der Waals surface area contributed by atoms with Gasteiger partial charge in [-0.25, -0.2) is 0 Å². The molecule has 0 aromatic rings. The minimum Gasteiger partial charge on any atom is -0.392 e. The monoisotopic (exact) mass is 344 g/mol. The second-order valence-corrected chi connectivity index (χ2v) is 10.2. The van der Waals surface area contributed by atoms with Gasteiger partial charge in [-0.2, -0.15) is 0 Å². The molecule has 2 saturated heterocycles. The Kier molecular flexibility index (Phi) is 3.16. The van der Waals surface area contributed by atoms with Gasteiger partial charge in [0.2, 0.25) is 0 Å². The van der Waals surface area contributed by atoms with Crippen LogP contribution in [0.4, 0.5) is 0 Å². The first-order valence-electron chi connectivity index (χ1n) is 10.3. The highest BCUT2D eigenvalue weighted by Gasteiger charge is 2.72. The Balaban J connectivity index is 1.66. The van der Waals surface area contributed by atoms with Crippen LogP contribution >= 0.6 is 0 Å². The van der Waals surface area contributed by atoms with Crippen LogP contribution in [0.25, 0.3) is 0 Å². The van der Waals surface area contributed by atoms with Gasteiger partial charge in [0.1, 0.15) is 0 Å². The maximum atomic E-state index is 13.3. The molecule has 0 amide bonds. The first-order valence-corrected chi connectivity index (χ1v) is 10.3. The molecule has 25 heavy (non-hydrogen) atoms. The first kappa shape index (κ1) is 16.5. The van der Waals surface area contributed by atoms with Crippen LogP contribution in [-0.4, -0.2) is 28.7 Å². The van der Waals surface area contributed by atoms with Crippen LogP contribution in [0.5, 0.6) is 0 Å². The molecule has 6 aliphatic rings. The third-order valence-corrected chi connectivity index (χ3v) is 9.69. The molecule has 0 aromatic carbocycles. The summed E-state index contributed by atoms with van der Waals surface area (Å²) in [5.41, 5.74) is 0.166. The molecule has 3 heteroatoms. The van der Waals surface area contributed by atoms with Crippen molar-refractivity contribution in [3.63, 3.8) is 0 Å². The van der Waals surface area contributed by atoms with E-state index >= 15 is 0 Å². The maximum Gasteiger partial charge on any atom is 0.167 e. The fraction of sp³-hybridized carbons (Fsp3) is 0.864. The molecule has 4 saturated carbocycles. The molecular weight excluding hydrogens is 312 g/mol. The van der Waals surface area contributed by atoms with Gasteiger partial charge in [-0.1, -0.05) is 20.4 Å². The number of ketones is 1. The van der Waals surface area contributed by atoms with Crippen LogP contribution in [0.1, 0.15) is 65.7 Å². The lowest BCUT2D eigenvalue weighted by molar-refractivity contribution is -0.309. The van der Waals surface area contributed by atoms with Crippen LogP contribution in [0.3, 0.4) is 0 Å². The minimum atomic E-state index is -0.578. The number of allylic oxidation sites excluding steroid dienone is 1. The lowest BCUT2D eigenvalue weighted by Gasteiger charge is -2.71. The van der Waals surface area contributed by atoms with E-state index in [1.807, 2.05) is 0 Å². The molecule has 9 unspecified atom stereocenters. The molecule has 1 N–H and O–H groups in total. The summed E-state index contributed by atoms with van der Waals surface area (Å²) in [5, 5.41) is 11.3. The van der Waals surface area contributed by atoms with Crippen LogP contribution in [0.15, 0.2) is 12.2 Å². The smallest absolute Gasteiger partial charge is 0.167 e. The van der Waals surface area contributed by atoms with E-state index in [-0.39, 0.29) is 28.8 Å². The molecule has 0 aromatic heterocycles. The zero-order valence-corrected chi connectivity index (χ0v) is 15.9. The summed E-state index contributed by atoms with van der Waals surface area (Å²) in [6.45, 7) is 11.1. The zero-order valence-electron chi connectivity index (χ0n) is 15.9. The van der Waals surface area contributed by atoms with E-state index in [0.717, 1.165) is 44.1 Å². The number of carbonyl (C=O) groups is 1. The van der Waals surface area contributed by atoms with Crippen LogP contribution in [-0.2, 0) is 9.53 Å². The Bertz CT molecular complexity index is 656. The molecule has 2 aliphatic heterocycles. The molecule has 4 aliphatic carbocycles. The number of rotatable bonds is 0. The highest BCUT2D eigenvalue weighted by atomic mass is 16.5. The number of aliphatic hydroxyl groups is 1. The van der Waals surface area contributed by atoms with Gasteiger partial charge in [-0.05, 0) is 81.1 Å². The second kappa shape index (κ2) is 4.78. The molecule has 6 rings (SSSR count). The Morgan fingerprint density at radius 1 is 1.20 bits per heavy atom. The molecule has 2 heterocycles. The third-order valence-electron chi connectivity index (χ3n) is 9.69. The molecule has 138 valence electrons. The Labute approximate surface area is 151 Å². The quantitative estimate of drug-likeness (QED) is 0.678. The summed E-state index contributed by atoms with van der Waals surface area (Å²) in [5.74, 6) is 1.64. The van der Waals surface area contributed by atoms with E-state index in [0.29, 0.717) is 17.8 Å². The number of fused-ring (bicyclic) bond motifs is 6. The SMILES string of the molecule is C=C1C(=O)C23CCC1CC2C1(C)C2CCCC(C)(O2)C(C)C1CC3O. The fourth-order valence-electron chi connectivity index (χ4n) is 8.08. The van der Waals surface area contributed by atoms with E-state index in [9.17, 15) is 9.90 Å². The Hall–Kier alpha value is -0.670. The van der Waals surface area contributed by atoms with Gasteiger partial charge >= 0.3 is 0 Å². The number of carbonyl (C=O) groups excluding carboxylic acids is 1. The van der Waals surface area contributed by atoms with Gasteiger partial charge < -0.3 is 9.84 Å². The highest BCUT2D eigenvalue weighted by Crippen LogP contribution is 2.71. The average Bonchev–Trinajstić information content (AvgIpc) is 2.60. The van der Waals surface area contributed by atoms with E-state index in [4.69, 9.17) is 4.74 Å². The molecule has 3 nitrogen and oxygen atoms in total. The standard InChI is InChI=1S/C22H32O3/c1-12-14-7-9-22(19(12)24)16(10-14)21(4)15(11-17(22)23)13(2)20(3)8-5-6-18(21)25-20/h13-18,23H,1,5-11H2,2-4H3. The van der Waals surface area contributed by atoms with Crippen LogP contribution in [0, 0.1) is 34.5 Å². The van der Waals surface area contributed by atoms with E-state index in [2.05, 4.69) is 27.4 Å². The summed E-state index contributed by atoms with van der Waals surface area (Å²) in [7, 11) is 0. The number of aliphatic hydroxyl groups excluding tert-OH is 1.